The third-order valence-corrected chi connectivity index (χ3v) is 11.6. The Balaban J connectivity index is 1.59. The second-order valence-corrected chi connectivity index (χ2v) is 14.8. The van der Waals surface area contributed by atoms with E-state index in [9.17, 15) is 14.9 Å². The molecule has 1 unspecified atom stereocenters. The number of ether oxygens (including phenoxy) is 3. The molecule has 276 valence electrons. The molecule has 0 aliphatic heterocycles. The maximum atomic E-state index is 13.1. The predicted molar refractivity (Wildman–Crippen MR) is 201 cm³/mol. The second-order valence-electron chi connectivity index (χ2n) is 13.4. The van der Waals surface area contributed by atoms with Gasteiger partial charge in [-0.05, 0) is 81.5 Å². The maximum absolute atomic E-state index is 13.1. The Bertz CT molecular complexity index is 1820. The van der Waals surface area contributed by atoms with Crippen molar-refractivity contribution in [3.05, 3.63) is 129 Å². The highest BCUT2D eigenvalue weighted by Crippen LogP contribution is 2.52. The summed E-state index contributed by atoms with van der Waals surface area (Å²) in [7, 11) is 1.70. The molecule has 1 aliphatic rings. The van der Waals surface area contributed by atoms with Gasteiger partial charge in [-0.25, -0.2) is 9.46 Å². The lowest BCUT2D eigenvalue weighted by Gasteiger charge is -2.39. The third-order valence-electron chi connectivity index (χ3n) is 9.42. The van der Waals surface area contributed by atoms with E-state index in [-0.39, 0.29) is 49.8 Å². The third kappa shape index (κ3) is 8.83. The van der Waals surface area contributed by atoms with Crippen molar-refractivity contribution in [2.45, 2.75) is 76.8 Å². The largest absolute Gasteiger partial charge is 0.497 e. The lowest BCUT2D eigenvalue weighted by molar-refractivity contribution is -0.0276. The van der Waals surface area contributed by atoms with Crippen molar-refractivity contribution in [1.29, 1.82) is 5.26 Å². The van der Waals surface area contributed by atoms with Crippen LogP contribution in [0.3, 0.4) is 0 Å². The maximum Gasteiger partial charge on any atom is 0.328 e. The molecule has 1 fully saturated rings. The smallest absolute Gasteiger partial charge is 0.328 e. The molecule has 52 heavy (non-hydrogen) atoms. The van der Waals surface area contributed by atoms with Crippen LogP contribution in [0.15, 0.2) is 101 Å². The van der Waals surface area contributed by atoms with Crippen molar-refractivity contribution in [3.63, 3.8) is 0 Å². The molecule has 12 heteroatoms. The minimum atomic E-state index is -1.58. The molecule has 1 aliphatic carbocycles. The van der Waals surface area contributed by atoms with E-state index in [0.29, 0.717) is 12.8 Å². The molecular weight excluding hydrogens is 679 g/mol. The van der Waals surface area contributed by atoms with Crippen molar-refractivity contribution in [2.75, 3.05) is 27.4 Å². The lowest BCUT2D eigenvalue weighted by atomic mass is 9.80. The van der Waals surface area contributed by atoms with Crippen molar-refractivity contribution in [2.24, 2.45) is 5.92 Å². The van der Waals surface area contributed by atoms with Crippen LogP contribution in [-0.2, 0) is 19.4 Å². The van der Waals surface area contributed by atoms with Crippen molar-refractivity contribution in [3.8, 4) is 17.6 Å². The Morgan fingerprint density at radius 2 is 1.44 bits per heavy atom. The van der Waals surface area contributed by atoms with E-state index in [4.69, 9.17) is 23.3 Å². The normalized spacial score (nSPS) is 18.1. The molecule has 3 aromatic carbocycles. The Hall–Kier alpha value is -4.30. The Morgan fingerprint density at radius 1 is 0.865 bits per heavy atom. The molecule has 0 saturated heterocycles. The predicted octanol–water partition coefficient (Wildman–Crippen LogP) is 7.17. The van der Waals surface area contributed by atoms with Crippen LogP contribution in [0.25, 0.3) is 0 Å². The van der Waals surface area contributed by atoms with Gasteiger partial charge < -0.3 is 23.3 Å². The van der Waals surface area contributed by atoms with Crippen molar-refractivity contribution in [1.82, 2.24) is 14.2 Å². The van der Waals surface area contributed by atoms with Gasteiger partial charge in [-0.2, -0.15) is 5.26 Å². The SMILES string of the molecule is COc1ccc(C(OC[C@H]2C[C@@H](n3ccc(=O)[nH]c3=O)C[C@@H]2OP(OCCC#N)N(C(C)C)C(C)C)(c2ccccc2)c2ccc(OC)cc2)cc1. The minimum Gasteiger partial charge on any atom is -0.497 e. The average molecular weight is 729 g/mol. The van der Waals surface area contributed by atoms with Crippen LogP contribution in [0.1, 0.15) is 69.7 Å². The lowest BCUT2D eigenvalue weighted by Crippen LogP contribution is -2.37. The molecule has 0 amide bonds. The fourth-order valence-corrected chi connectivity index (χ4v) is 8.82. The van der Waals surface area contributed by atoms with E-state index in [1.165, 1.54) is 6.07 Å². The van der Waals surface area contributed by atoms with Gasteiger partial charge in [-0.15, -0.1) is 0 Å². The molecule has 4 aromatic rings. The number of H-pyrrole nitrogens is 1. The Kier molecular flexibility index (Phi) is 13.4. The number of benzene rings is 3. The first kappa shape index (κ1) is 38.9. The molecule has 1 N–H and O–H groups in total. The zero-order chi connectivity index (χ0) is 37.3. The average Bonchev–Trinajstić information content (AvgIpc) is 3.54. The molecule has 11 nitrogen and oxygen atoms in total. The van der Waals surface area contributed by atoms with Gasteiger partial charge in [-0.1, -0.05) is 54.6 Å². The molecule has 1 heterocycles. The summed E-state index contributed by atoms with van der Waals surface area (Å²) in [4.78, 5) is 27.4. The second kappa shape index (κ2) is 18.0. The number of hydrogen-bond acceptors (Lipinski definition) is 9. The summed E-state index contributed by atoms with van der Waals surface area (Å²) in [6.07, 6.45) is 2.46. The van der Waals surface area contributed by atoms with Crippen LogP contribution in [0.2, 0.25) is 0 Å². The molecule has 5 rings (SSSR count). The minimum absolute atomic E-state index is 0.109. The first-order valence-electron chi connectivity index (χ1n) is 17.7. The van der Waals surface area contributed by atoms with Gasteiger partial charge in [0.15, 0.2) is 0 Å². The first-order chi connectivity index (χ1) is 25.1. The van der Waals surface area contributed by atoms with E-state index < -0.39 is 25.4 Å². The van der Waals surface area contributed by atoms with Crippen LogP contribution in [0.5, 0.6) is 11.5 Å². The van der Waals surface area contributed by atoms with Gasteiger partial charge in [-0.3, -0.25) is 14.3 Å². The summed E-state index contributed by atoms with van der Waals surface area (Å²) in [6.45, 7) is 8.90. The summed E-state index contributed by atoms with van der Waals surface area (Å²) in [6, 6.07) is 29.4. The molecule has 1 saturated carbocycles. The highest BCUT2D eigenvalue weighted by atomic mass is 31.2. The van der Waals surface area contributed by atoms with Crippen LogP contribution in [0.4, 0.5) is 0 Å². The molecule has 0 spiro atoms. The van der Waals surface area contributed by atoms with E-state index in [1.807, 2.05) is 66.7 Å². The molecule has 0 bridgehead atoms. The number of rotatable bonds is 17. The van der Waals surface area contributed by atoms with Crippen LogP contribution < -0.4 is 20.7 Å². The number of hydrogen-bond donors (Lipinski definition) is 1. The fourth-order valence-electron chi connectivity index (χ4n) is 7.02. The van der Waals surface area contributed by atoms with E-state index in [1.54, 1.807) is 25.0 Å². The van der Waals surface area contributed by atoms with Gasteiger partial charge in [0.05, 0.1) is 46.0 Å². The van der Waals surface area contributed by atoms with Gasteiger partial charge >= 0.3 is 5.69 Å². The number of nitriles is 1. The van der Waals surface area contributed by atoms with Crippen LogP contribution >= 0.6 is 8.53 Å². The Labute approximate surface area is 307 Å². The molecular formula is C40H49N4O7P. The van der Waals surface area contributed by atoms with E-state index in [0.717, 1.165) is 28.2 Å². The van der Waals surface area contributed by atoms with E-state index in [2.05, 4.69) is 55.6 Å². The number of methoxy groups -OCH3 is 2. The summed E-state index contributed by atoms with van der Waals surface area (Å²) in [5.74, 6) is 1.26. The fraction of sp³-hybridized carbons (Fsp3) is 0.425. The number of aromatic amines is 1. The number of nitrogens with zero attached hydrogens (tertiary/aromatic N) is 3. The van der Waals surface area contributed by atoms with Crippen LogP contribution in [0, 0.1) is 17.2 Å². The highest BCUT2D eigenvalue weighted by molar-refractivity contribution is 7.44. The van der Waals surface area contributed by atoms with Crippen LogP contribution in [-0.4, -0.2) is 59.8 Å². The zero-order valence-corrected chi connectivity index (χ0v) is 31.6. The van der Waals surface area contributed by atoms with Crippen molar-refractivity contribution >= 4 is 8.53 Å². The monoisotopic (exact) mass is 728 g/mol. The molecule has 0 radical (unpaired) electrons. The highest BCUT2D eigenvalue weighted by Gasteiger charge is 2.44. The zero-order valence-electron chi connectivity index (χ0n) is 30.7. The van der Waals surface area contributed by atoms with Gasteiger partial charge in [0.25, 0.3) is 14.1 Å². The molecule has 4 atom stereocenters. The summed E-state index contributed by atoms with van der Waals surface area (Å²) in [5, 5.41) is 9.29. The Morgan fingerprint density at radius 3 is 1.96 bits per heavy atom. The van der Waals surface area contributed by atoms with Gasteiger partial charge in [0.2, 0.25) is 0 Å². The topological polar surface area (TPSA) is 128 Å². The number of aromatic nitrogens is 2. The standard InChI is InChI=1S/C40H49N4O7P/c1-28(2)44(29(3)4)52(50-24-10-22-41)51-37-26-34(43-23-21-38(45)42-39(43)46)25-30(37)27-49-40(31-11-8-7-9-12-31,32-13-17-35(47-5)18-14-32)33-15-19-36(48-6)20-16-33/h7-9,11-21,23,28-30,34,37H,10,24-27H2,1-6H3,(H,42,45,46)/t30-,34-,37+,52?/m1/s1. The van der Waals surface area contributed by atoms with Gasteiger partial charge in [0, 0.05) is 36.3 Å². The van der Waals surface area contributed by atoms with E-state index >= 15 is 0 Å². The summed E-state index contributed by atoms with van der Waals surface area (Å²) < 4.78 is 35.4. The molecule has 1 aromatic heterocycles. The number of nitrogens with one attached hydrogen (secondary N) is 1. The van der Waals surface area contributed by atoms with Gasteiger partial charge in [0.1, 0.15) is 17.1 Å². The van der Waals surface area contributed by atoms with Crippen molar-refractivity contribution < 1.29 is 23.3 Å². The first-order valence-corrected chi connectivity index (χ1v) is 18.8. The quantitative estimate of drug-likeness (QED) is 0.0684. The summed E-state index contributed by atoms with van der Waals surface area (Å²) in [5.41, 5.74) is 0.779. The summed E-state index contributed by atoms with van der Waals surface area (Å²) >= 11 is 0.